The average Bonchev–Trinajstić information content (AvgIpc) is 2.57. The molecule has 0 spiro atoms. The van der Waals surface area contributed by atoms with E-state index in [1.807, 2.05) is 0 Å². The van der Waals surface area contributed by atoms with Crippen LogP contribution in [0.25, 0.3) is 0 Å². The summed E-state index contributed by atoms with van der Waals surface area (Å²) in [5.74, 6) is 0. The number of rotatable bonds is 4. The first-order valence-corrected chi connectivity index (χ1v) is 8.60. The summed E-state index contributed by atoms with van der Waals surface area (Å²) >= 11 is 0. The lowest BCUT2D eigenvalue weighted by Gasteiger charge is -2.13. The minimum absolute atomic E-state index is 0.0546. The summed E-state index contributed by atoms with van der Waals surface area (Å²) in [4.78, 5) is 6.19. The first kappa shape index (κ1) is 14.7. The molecule has 0 saturated carbocycles. The topological polar surface area (TPSA) is 3.24 Å². The van der Waals surface area contributed by atoms with Crippen molar-refractivity contribution in [1.29, 1.82) is 0 Å². The van der Waals surface area contributed by atoms with Gasteiger partial charge in [-0.2, -0.15) is 0 Å². The lowest BCUT2D eigenvalue weighted by molar-refractivity contribution is 1.13. The molecular weight excluding hydrogens is 286 g/mol. The van der Waals surface area contributed by atoms with Crippen LogP contribution in [0.1, 0.15) is 0 Å². The van der Waals surface area contributed by atoms with Crippen LogP contribution in [0.2, 0.25) is 0 Å². The molecule has 2 heteroatoms. The van der Waals surface area contributed by atoms with E-state index in [0.717, 1.165) is 0 Å². The highest BCUT2D eigenvalue weighted by atomic mass is 32.2. The van der Waals surface area contributed by atoms with Crippen LogP contribution in [0.4, 0.5) is 5.69 Å². The van der Waals surface area contributed by atoms with E-state index in [-0.39, 0.29) is 10.9 Å². The zero-order valence-electron chi connectivity index (χ0n) is 12.9. The molecule has 0 fully saturated rings. The first-order valence-electron chi connectivity index (χ1n) is 7.37. The van der Waals surface area contributed by atoms with Crippen LogP contribution >= 0.6 is 0 Å². The van der Waals surface area contributed by atoms with Crippen molar-refractivity contribution in [3.05, 3.63) is 84.9 Å². The number of benzene rings is 3. The molecule has 0 N–H and O–H groups in total. The molecule has 3 aromatic carbocycles. The average molecular weight is 306 g/mol. The van der Waals surface area contributed by atoms with Crippen molar-refractivity contribution in [2.45, 2.75) is 14.7 Å². The molecule has 0 atom stereocenters. The highest BCUT2D eigenvalue weighted by Gasteiger charge is 2.27. The summed E-state index contributed by atoms with van der Waals surface area (Å²) < 4.78 is 0. The van der Waals surface area contributed by atoms with E-state index in [0.29, 0.717) is 0 Å². The summed E-state index contributed by atoms with van der Waals surface area (Å²) in [6.45, 7) is 0. The molecule has 0 aromatic heterocycles. The smallest absolute Gasteiger partial charge is 0.166 e. The van der Waals surface area contributed by atoms with Crippen molar-refractivity contribution in [3.8, 4) is 0 Å². The molecule has 22 heavy (non-hydrogen) atoms. The van der Waals surface area contributed by atoms with Crippen molar-refractivity contribution < 1.29 is 0 Å². The summed E-state index contributed by atoms with van der Waals surface area (Å²) in [5.41, 5.74) is 1.23. The Morgan fingerprint density at radius 3 is 1.36 bits per heavy atom. The maximum atomic E-state index is 2.25. The van der Waals surface area contributed by atoms with Crippen LogP contribution in [0.5, 0.6) is 0 Å². The minimum atomic E-state index is -0.0546. The van der Waals surface area contributed by atoms with Crippen LogP contribution in [0, 0.1) is 0 Å². The fraction of sp³-hybridized carbons (Fsp3) is 0.100. The van der Waals surface area contributed by atoms with Crippen LogP contribution in [0.3, 0.4) is 0 Å². The number of nitrogens with zero attached hydrogens (tertiary/aromatic N) is 1. The zero-order chi connectivity index (χ0) is 15.4. The SMILES string of the molecule is CN(C)c1ccc([S+](c2ccccc2)c2ccccc2)cc1. The minimum Gasteiger partial charge on any atom is -0.378 e. The lowest BCUT2D eigenvalue weighted by Crippen LogP contribution is -2.09. The molecular formula is C20H20NS+. The molecule has 110 valence electrons. The van der Waals surface area contributed by atoms with Gasteiger partial charge in [-0.25, -0.2) is 0 Å². The van der Waals surface area contributed by atoms with Gasteiger partial charge in [0, 0.05) is 19.8 Å². The second kappa shape index (κ2) is 6.71. The van der Waals surface area contributed by atoms with Crippen molar-refractivity contribution in [2.75, 3.05) is 19.0 Å². The van der Waals surface area contributed by atoms with E-state index in [4.69, 9.17) is 0 Å². The molecule has 0 bridgehead atoms. The second-order valence-electron chi connectivity index (χ2n) is 5.32. The monoisotopic (exact) mass is 306 g/mol. The van der Waals surface area contributed by atoms with Gasteiger partial charge in [0.2, 0.25) is 0 Å². The molecule has 3 rings (SSSR count). The Morgan fingerprint density at radius 1 is 0.545 bits per heavy atom. The largest absolute Gasteiger partial charge is 0.378 e. The third kappa shape index (κ3) is 3.18. The third-order valence-corrected chi connectivity index (χ3v) is 5.78. The Kier molecular flexibility index (Phi) is 4.50. The van der Waals surface area contributed by atoms with E-state index >= 15 is 0 Å². The summed E-state index contributed by atoms with van der Waals surface area (Å²) in [6.07, 6.45) is 0. The normalized spacial score (nSPS) is 10.7. The molecule has 3 aromatic rings. The molecule has 0 heterocycles. The van der Waals surface area contributed by atoms with Crippen LogP contribution in [-0.4, -0.2) is 14.1 Å². The van der Waals surface area contributed by atoms with Gasteiger partial charge in [0.05, 0.1) is 10.9 Å². The van der Waals surface area contributed by atoms with Crippen LogP contribution in [-0.2, 0) is 10.9 Å². The van der Waals surface area contributed by atoms with E-state index in [1.165, 1.54) is 20.4 Å². The Bertz CT molecular complexity index is 666. The van der Waals surface area contributed by atoms with Gasteiger partial charge in [-0.05, 0) is 48.5 Å². The maximum absolute atomic E-state index is 2.25. The van der Waals surface area contributed by atoms with Gasteiger partial charge in [0.15, 0.2) is 14.7 Å². The summed E-state index contributed by atoms with van der Waals surface area (Å²) in [7, 11) is 4.09. The zero-order valence-corrected chi connectivity index (χ0v) is 13.8. The quantitative estimate of drug-likeness (QED) is 0.623. The van der Waals surface area contributed by atoms with Gasteiger partial charge >= 0.3 is 0 Å². The predicted octanol–water partition coefficient (Wildman–Crippen LogP) is 4.85. The number of hydrogen-bond donors (Lipinski definition) is 0. The number of hydrogen-bond acceptors (Lipinski definition) is 1. The molecule has 0 aliphatic carbocycles. The Morgan fingerprint density at radius 2 is 0.955 bits per heavy atom. The van der Waals surface area contributed by atoms with Gasteiger partial charge in [-0.3, -0.25) is 0 Å². The van der Waals surface area contributed by atoms with Crippen LogP contribution in [0.15, 0.2) is 99.6 Å². The molecule has 0 aliphatic heterocycles. The van der Waals surface area contributed by atoms with Gasteiger partial charge in [0.25, 0.3) is 0 Å². The van der Waals surface area contributed by atoms with E-state index in [2.05, 4.69) is 104 Å². The van der Waals surface area contributed by atoms with E-state index in [9.17, 15) is 0 Å². The molecule has 1 nitrogen and oxygen atoms in total. The Hall–Kier alpha value is -2.19. The lowest BCUT2D eigenvalue weighted by atomic mass is 10.3. The van der Waals surface area contributed by atoms with Gasteiger partial charge in [-0.15, -0.1) is 0 Å². The van der Waals surface area contributed by atoms with E-state index < -0.39 is 0 Å². The molecule has 0 saturated heterocycles. The molecule has 0 amide bonds. The highest BCUT2D eigenvalue weighted by molar-refractivity contribution is 7.97. The second-order valence-corrected chi connectivity index (χ2v) is 7.35. The Balaban J connectivity index is 2.06. The maximum Gasteiger partial charge on any atom is 0.166 e. The van der Waals surface area contributed by atoms with Gasteiger partial charge < -0.3 is 4.90 Å². The number of anilines is 1. The molecule has 0 aliphatic rings. The standard InChI is InChI=1S/C20H20NS/c1-21(2)17-13-15-20(16-14-17)22(18-9-5-3-6-10-18)19-11-7-4-8-12-19/h3-16H,1-2H3/q+1. The predicted molar refractivity (Wildman–Crippen MR) is 95.8 cm³/mol. The van der Waals surface area contributed by atoms with Crippen LogP contribution < -0.4 is 4.90 Å². The molecule has 0 unspecified atom stereocenters. The third-order valence-electron chi connectivity index (χ3n) is 3.55. The van der Waals surface area contributed by atoms with Crippen molar-refractivity contribution in [2.24, 2.45) is 0 Å². The van der Waals surface area contributed by atoms with Gasteiger partial charge in [-0.1, -0.05) is 36.4 Å². The van der Waals surface area contributed by atoms with Crippen molar-refractivity contribution in [3.63, 3.8) is 0 Å². The Labute approximate surface area is 135 Å². The molecule has 0 radical (unpaired) electrons. The fourth-order valence-electron chi connectivity index (χ4n) is 2.40. The van der Waals surface area contributed by atoms with E-state index in [1.54, 1.807) is 0 Å². The highest BCUT2D eigenvalue weighted by Crippen LogP contribution is 2.31. The van der Waals surface area contributed by atoms with Crippen molar-refractivity contribution in [1.82, 2.24) is 0 Å². The fourth-order valence-corrected chi connectivity index (χ4v) is 4.49. The van der Waals surface area contributed by atoms with Crippen molar-refractivity contribution >= 4 is 16.6 Å². The van der Waals surface area contributed by atoms with Gasteiger partial charge in [0.1, 0.15) is 0 Å². The summed E-state index contributed by atoms with van der Waals surface area (Å²) in [6, 6.07) is 30.4. The summed E-state index contributed by atoms with van der Waals surface area (Å²) in [5, 5.41) is 0. The first-order chi connectivity index (χ1) is 10.8.